The normalized spacial score (nSPS) is 29.2. The summed E-state index contributed by atoms with van der Waals surface area (Å²) in [5, 5.41) is 9.20. The summed E-state index contributed by atoms with van der Waals surface area (Å²) in [5.74, 6) is 0.182. The van der Waals surface area contributed by atoms with Crippen LogP contribution in [0.4, 0.5) is 4.79 Å². The number of rotatable bonds is 4. The molecule has 0 amide bonds. The van der Waals surface area contributed by atoms with E-state index in [2.05, 4.69) is 12.2 Å². The number of aliphatic carboxylic acids is 1. The van der Waals surface area contributed by atoms with E-state index in [1.54, 1.807) is 20.8 Å². The standard InChI is InChI=1S/C15H22O5/c1-15(2,3)20-14(18)19-12(13(16)17)8-11-7-9-4-5-10(11)6-9/h4-5,9-12H,6-8H2,1-3H3,(H,16,17). The molecule has 2 aliphatic rings. The highest BCUT2D eigenvalue weighted by atomic mass is 16.7. The molecule has 1 saturated carbocycles. The first-order valence-corrected chi connectivity index (χ1v) is 7.05. The van der Waals surface area contributed by atoms with Crippen LogP contribution in [0.1, 0.15) is 40.0 Å². The van der Waals surface area contributed by atoms with Crippen molar-refractivity contribution >= 4 is 12.1 Å². The van der Waals surface area contributed by atoms with Crippen LogP contribution in [0.5, 0.6) is 0 Å². The maximum Gasteiger partial charge on any atom is 0.509 e. The van der Waals surface area contributed by atoms with Crippen molar-refractivity contribution in [1.82, 2.24) is 0 Å². The molecule has 2 aliphatic carbocycles. The van der Waals surface area contributed by atoms with Crippen LogP contribution in [-0.2, 0) is 14.3 Å². The number of carbonyl (C=O) groups is 2. The number of hydrogen-bond acceptors (Lipinski definition) is 4. The van der Waals surface area contributed by atoms with E-state index in [0.29, 0.717) is 18.3 Å². The maximum absolute atomic E-state index is 11.6. The number of allylic oxidation sites excluding steroid dienone is 2. The van der Waals surface area contributed by atoms with Crippen molar-refractivity contribution < 1.29 is 24.2 Å². The molecule has 4 unspecified atom stereocenters. The van der Waals surface area contributed by atoms with Gasteiger partial charge in [0.05, 0.1) is 0 Å². The Bertz CT molecular complexity index is 420. The van der Waals surface area contributed by atoms with E-state index in [1.165, 1.54) is 0 Å². The van der Waals surface area contributed by atoms with Crippen LogP contribution in [0.15, 0.2) is 12.2 Å². The van der Waals surface area contributed by atoms with Crippen molar-refractivity contribution in [3.8, 4) is 0 Å². The number of carboxylic acids is 1. The number of fused-ring (bicyclic) bond motifs is 2. The SMILES string of the molecule is CC(C)(C)OC(=O)OC(CC1CC2C=CC1C2)C(=O)O. The van der Waals surface area contributed by atoms with Crippen molar-refractivity contribution in [3.63, 3.8) is 0 Å². The van der Waals surface area contributed by atoms with Gasteiger partial charge in [0.15, 0.2) is 0 Å². The molecule has 0 aromatic heterocycles. The highest BCUT2D eigenvalue weighted by molar-refractivity contribution is 5.75. The van der Waals surface area contributed by atoms with Crippen LogP contribution >= 0.6 is 0 Å². The maximum atomic E-state index is 11.6. The molecule has 5 nitrogen and oxygen atoms in total. The smallest absolute Gasteiger partial charge is 0.479 e. The summed E-state index contributed by atoms with van der Waals surface area (Å²) < 4.78 is 9.98. The summed E-state index contributed by atoms with van der Waals surface area (Å²) >= 11 is 0. The fourth-order valence-electron chi connectivity index (χ4n) is 3.03. The third-order valence-corrected chi connectivity index (χ3v) is 3.84. The molecule has 112 valence electrons. The second-order valence-corrected chi connectivity index (χ2v) is 6.69. The van der Waals surface area contributed by atoms with Gasteiger partial charge < -0.3 is 14.6 Å². The Balaban J connectivity index is 1.89. The van der Waals surface area contributed by atoms with Crippen LogP contribution in [0.25, 0.3) is 0 Å². The number of carboxylic acid groups (broad SMARTS) is 1. The van der Waals surface area contributed by atoms with E-state index in [1.807, 2.05) is 0 Å². The van der Waals surface area contributed by atoms with Gasteiger partial charge in [0.25, 0.3) is 0 Å². The molecule has 0 aromatic rings. The molecule has 0 aliphatic heterocycles. The lowest BCUT2D eigenvalue weighted by Gasteiger charge is -2.24. The molecule has 0 heterocycles. The topological polar surface area (TPSA) is 72.8 Å². The van der Waals surface area contributed by atoms with Crippen LogP contribution < -0.4 is 0 Å². The van der Waals surface area contributed by atoms with Crippen LogP contribution in [0.2, 0.25) is 0 Å². The second-order valence-electron chi connectivity index (χ2n) is 6.69. The Hall–Kier alpha value is -1.52. The molecular formula is C15H22O5. The Labute approximate surface area is 118 Å². The predicted octanol–water partition coefficient (Wildman–Crippen LogP) is 2.99. The summed E-state index contributed by atoms with van der Waals surface area (Å²) in [6, 6.07) is 0. The molecule has 2 bridgehead atoms. The van der Waals surface area contributed by atoms with Crippen molar-refractivity contribution in [1.29, 1.82) is 0 Å². The molecule has 1 N–H and O–H groups in total. The molecule has 0 spiro atoms. The van der Waals surface area contributed by atoms with Crippen LogP contribution in [-0.4, -0.2) is 28.9 Å². The Morgan fingerprint density at radius 1 is 1.30 bits per heavy atom. The molecule has 0 saturated heterocycles. The lowest BCUT2D eigenvalue weighted by molar-refractivity contribution is -0.150. The molecule has 20 heavy (non-hydrogen) atoms. The van der Waals surface area contributed by atoms with Gasteiger partial charge in [0.2, 0.25) is 6.10 Å². The average molecular weight is 282 g/mol. The second kappa shape index (κ2) is 5.46. The van der Waals surface area contributed by atoms with E-state index in [0.717, 1.165) is 12.8 Å². The predicted molar refractivity (Wildman–Crippen MR) is 72.2 cm³/mol. The first-order chi connectivity index (χ1) is 9.24. The average Bonchev–Trinajstić information content (AvgIpc) is 2.86. The quantitative estimate of drug-likeness (QED) is 0.634. The number of carbonyl (C=O) groups excluding carboxylic acids is 1. The van der Waals surface area contributed by atoms with Gasteiger partial charge in [0.1, 0.15) is 5.60 Å². The van der Waals surface area contributed by atoms with Gasteiger partial charge >= 0.3 is 12.1 Å². The van der Waals surface area contributed by atoms with E-state index in [-0.39, 0.29) is 5.92 Å². The molecule has 1 fully saturated rings. The van der Waals surface area contributed by atoms with Gasteiger partial charge in [-0.05, 0) is 57.8 Å². The van der Waals surface area contributed by atoms with Gasteiger partial charge in [-0.25, -0.2) is 9.59 Å². The molecule has 0 aromatic carbocycles. The van der Waals surface area contributed by atoms with Crippen molar-refractivity contribution in [3.05, 3.63) is 12.2 Å². The minimum absolute atomic E-state index is 0.286. The minimum atomic E-state index is -1.12. The van der Waals surface area contributed by atoms with Crippen LogP contribution in [0, 0.1) is 17.8 Å². The number of hydrogen-bond donors (Lipinski definition) is 1. The zero-order chi connectivity index (χ0) is 14.9. The zero-order valence-electron chi connectivity index (χ0n) is 12.2. The van der Waals surface area contributed by atoms with Crippen molar-refractivity contribution in [2.75, 3.05) is 0 Å². The zero-order valence-corrected chi connectivity index (χ0v) is 12.2. The summed E-state index contributed by atoms with van der Waals surface area (Å²) in [4.78, 5) is 22.8. The first-order valence-electron chi connectivity index (χ1n) is 7.05. The van der Waals surface area contributed by atoms with E-state index >= 15 is 0 Å². The monoisotopic (exact) mass is 282 g/mol. The fraction of sp³-hybridized carbons (Fsp3) is 0.733. The molecule has 4 atom stereocenters. The van der Waals surface area contributed by atoms with Gasteiger partial charge in [-0.3, -0.25) is 0 Å². The Kier molecular flexibility index (Phi) is 4.06. The lowest BCUT2D eigenvalue weighted by Crippen LogP contribution is -2.33. The Morgan fingerprint density at radius 2 is 2.00 bits per heavy atom. The fourth-order valence-corrected chi connectivity index (χ4v) is 3.03. The first kappa shape index (κ1) is 14.9. The Morgan fingerprint density at radius 3 is 2.45 bits per heavy atom. The molecule has 0 radical (unpaired) electrons. The largest absolute Gasteiger partial charge is 0.509 e. The highest BCUT2D eigenvalue weighted by Gasteiger charge is 2.39. The third-order valence-electron chi connectivity index (χ3n) is 3.84. The minimum Gasteiger partial charge on any atom is -0.479 e. The van der Waals surface area contributed by atoms with E-state index < -0.39 is 23.8 Å². The lowest BCUT2D eigenvalue weighted by atomic mass is 9.88. The van der Waals surface area contributed by atoms with E-state index in [4.69, 9.17) is 9.47 Å². The number of ether oxygens (including phenoxy) is 2. The van der Waals surface area contributed by atoms with Gasteiger partial charge in [0, 0.05) is 0 Å². The van der Waals surface area contributed by atoms with Gasteiger partial charge in [-0.2, -0.15) is 0 Å². The molecular weight excluding hydrogens is 260 g/mol. The third kappa shape index (κ3) is 3.74. The summed E-state index contributed by atoms with van der Waals surface area (Å²) in [7, 11) is 0. The summed E-state index contributed by atoms with van der Waals surface area (Å²) in [6.45, 7) is 5.14. The highest BCUT2D eigenvalue weighted by Crippen LogP contribution is 2.45. The summed E-state index contributed by atoms with van der Waals surface area (Å²) in [6.07, 6.45) is 4.77. The molecule has 5 heteroatoms. The van der Waals surface area contributed by atoms with Crippen LogP contribution in [0.3, 0.4) is 0 Å². The molecule has 2 rings (SSSR count). The van der Waals surface area contributed by atoms with Gasteiger partial charge in [-0.15, -0.1) is 0 Å². The summed E-state index contributed by atoms with van der Waals surface area (Å²) in [5.41, 5.74) is -0.685. The van der Waals surface area contributed by atoms with Crippen molar-refractivity contribution in [2.45, 2.75) is 51.7 Å². The van der Waals surface area contributed by atoms with E-state index in [9.17, 15) is 14.7 Å². The van der Waals surface area contributed by atoms with Gasteiger partial charge in [-0.1, -0.05) is 12.2 Å². The van der Waals surface area contributed by atoms with Crippen molar-refractivity contribution in [2.24, 2.45) is 17.8 Å².